The topological polar surface area (TPSA) is 54.0 Å². The van der Waals surface area contributed by atoms with Crippen LogP contribution in [0.4, 0.5) is 5.13 Å². The molecule has 1 amide bonds. The van der Waals surface area contributed by atoms with Crippen molar-refractivity contribution < 1.29 is 4.79 Å². The third-order valence-corrected chi connectivity index (χ3v) is 4.78. The number of hydrogen-bond acceptors (Lipinski definition) is 4. The smallest absolute Gasteiger partial charge is 0.240 e. The molecule has 1 unspecified atom stereocenters. The number of thiazole rings is 1. The van der Waals surface area contributed by atoms with Gasteiger partial charge in [0.2, 0.25) is 5.91 Å². The molecule has 4 nitrogen and oxygen atoms in total. The summed E-state index contributed by atoms with van der Waals surface area (Å²) in [6.07, 6.45) is 3.33. The first-order chi connectivity index (χ1) is 8.90. The van der Waals surface area contributed by atoms with Gasteiger partial charge in [-0.25, -0.2) is 4.98 Å². The number of rotatable bonds is 3. The first-order valence-corrected chi connectivity index (χ1v) is 7.65. The highest BCUT2D eigenvalue weighted by molar-refractivity contribution is 7.15. The minimum absolute atomic E-state index is 0. The van der Waals surface area contributed by atoms with Crippen molar-refractivity contribution in [2.45, 2.75) is 40.0 Å². The van der Waals surface area contributed by atoms with Crippen LogP contribution in [0.25, 0.3) is 0 Å². The zero-order valence-corrected chi connectivity index (χ0v) is 14.2. The Bertz CT molecular complexity index is 467. The van der Waals surface area contributed by atoms with Crippen molar-refractivity contribution in [3.8, 4) is 0 Å². The van der Waals surface area contributed by atoms with Crippen LogP contribution in [0.3, 0.4) is 0 Å². The molecule has 0 saturated carbocycles. The zero-order valence-electron chi connectivity index (χ0n) is 12.6. The maximum atomic E-state index is 11.5. The molecule has 2 N–H and O–H groups in total. The Morgan fingerprint density at radius 1 is 1.45 bits per heavy atom. The van der Waals surface area contributed by atoms with E-state index in [0.29, 0.717) is 17.9 Å². The molecular weight excluding hydrogens is 294 g/mol. The monoisotopic (exact) mass is 317 g/mol. The van der Waals surface area contributed by atoms with Crippen molar-refractivity contribution in [1.82, 2.24) is 10.3 Å². The van der Waals surface area contributed by atoms with Crippen LogP contribution in [0, 0.1) is 11.3 Å². The molecule has 0 radical (unpaired) electrons. The lowest BCUT2D eigenvalue weighted by atomic mass is 9.73. The number of aromatic nitrogens is 1. The Labute approximate surface area is 131 Å². The minimum Gasteiger partial charge on any atom is -0.311 e. The van der Waals surface area contributed by atoms with Crippen LogP contribution in [0.1, 0.15) is 37.8 Å². The van der Waals surface area contributed by atoms with E-state index in [0.717, 1.165) is 18.0 Å². The summed E-state index contributed by atoms with van der Waals surface area (Å²) in [4.78, 5) is 17.4. The second-order valence-electron chi connectivity index (χ2n) is 6.27. The fourth-order valence-electron chi connectivity index (χ4n) is 2.49. The molecule has 20 heavy (non-hydrogen) atoms. The molecule has 0 aromatic carbocycles. The van der Waals surface area contributed by atoms with Gasteiger partial charge >= 0.3 is 0 Å². The summed E-state index contributed by atoms with van der Waals surface area (Å²) in [5.74, 6) is 0.683. The Kier molecular flexibility index (Phi) is 5.98. The number of hydrogen-bond donors (Lipinski definition) is 2. The summed E-state index contributed by atoms with van der Waals surface area (Å²) in [5.41, 5.74) is 1.53. The Morgan fingerprint density at radius 3 is 2.75 bits per heavy atom. The quantitative estimate of drug-likeness (QED) is 0.901. The van der Waals surface area contributed by atoms with Gasteiger partial charge in [-0.1, -0.05) is 20.8 Å². The van der Waals surface area contributed by atoms with Gasteiger partial charge in [0, 0.05) is 4.88 Å². The number of fused-ring (bicyclic) bond motifs is 1. The number of aryl methyl sites for hydroxylation is 1. The predicted molar refractivity (Wildman–Crippen MR) is 86.9 cm³/mol. The van der Waals surface area contributed by atoms with Gasteiger partial charge in [-0.05, 0) is 37.6 Å². The van der Waals surface area contributed by atoms with Crippen LogP contribution in [0.2, 0.25) is 0 Å². The number of nitrogens with one attached hydrogen (secondary N) is 2. The van der Waals surface area contributed by atoms with Crippen LogP contribution in [-0.2, 0) is 17.6 Å². The van der Waals surface area contributed by atoms with Crippen molar-refractivity contribution in [2.75, 3.05) is 18.9 Å². The number of likely N-dealkylation sites (N-methyl/N-ethyl adjacent to an activating group) is 1. The maximum absolute atomic E-state index is 11.5. The molecule has 1 aromatic rings. The van der Waals surface area contributed by atoms with E-state index in [-0.39, 0.29) is 18.3 Å². The molecular formula is C14H24ClN3OS. The summed E-state index contributed by atoms with van der Waals surface area (Å²) in [6.45, 7) is 7.24. The maximum Gasteiger partial charge on any atom is 0.240 e. The highest BCUT2D eigenvalue weighted by atomic mass is 35.5. The summed E-state index contributed by atoms with van der Waals surface area (Å²) in [6, 6.07) is 0. The molecule has 0 spiro atoms. The highest BCUT2D eigenvalue weighted by Crippen LogP contribution is 2.39. The zero-order chi connectivity index (χ0) is 14.0. The van der Waals surface area contributed by atoms with E-state index in [1.54, 1.807) is 18.4 Å². The predicted octanol–water partition coefficient (Wildman–Crippen LogP) is 2.87. The lowest BCUT2D eigenvalue weighted by molar-refractivity contribution is -0.115. The van der Waals surface area contributed by atoms with Crippen LogP contribution >= 0.6 is 23.7 Å². The van der Waals surface area contributed by atoms with E-state index in [4.69, 9.17) is 0 Å². The van der Waals surface area contributed by atoms with Gasteiger partial charge in [0.05, 0.1) is 12.2 Å². The van der Waals surface area contributed by atoms with Crippen molar-refractivity contribution in [3.05, 3.63) is 10.6 Å². The number of nitrogens with zero attached hydrogens (tertiary/aromatic N) is 1. The normalized spacial score (nSPS) is 18.1. The molecule has 1 aliphatic carbocycles. The molecule has 0 fully saturated rings. The second-order valence-corrected chi connectivity index (χ2v) is 7.36. The van der Waals surface area contributed by atoms with Crippen molar-refractivity contribution in [1.29, 1.82) is 0 Å². The molecule has 2 rings (SSSR count). The van der Waals surface area contributed by atoms with Gasteiger partial charge in [0.1, 0.15) is 0 Å². The molecule has 0 bridgehead atoms. The Hall–Kier alpha value is -0.650. The van der Waals surface area contributed by atoms with Gasteiger partial charge < -0.3 is 10.6 Å². The molecule has 1 aromatic heterocycles. The lowest BCUT2D eigenvalue weighted by Crippen LogP contribution is -2.26. The summed E-state index contributed by atoms with van der Waals surface area (Å²) in [5, 5.41) is 6.45. The average molecular weight is 318 g/mol. The second kappa shape index (κ2) is 6.87. The molecule has 1 atom stereocenters. The van der Waals surface area contributed by atoms with Crippen molar-refractivity contribution in [2.24, 2.45) is 11.3 Å². The van der Waals surface area contributed by atoms with Crippen LogP contribution in [-0.4, -0.2) is 24.5 Å². The molecule has 6 heteroatoms. The van der Waals surface area contributed by atoms with Crippen LogP contribution < -0.4 is 10.6 Å². The lowest BCUT2D eigenvalue weighted by Gasteiger charge is -2.33. The summed E-state index contributed by atoms with van der Waals surface area (Å²) in [7, 11) is 1.76. The highest BCUT2D eigenvalue weighted by Gasteiger charge is 2.30. The first-order valence-electron chi connectivity index (χ1n) is 6.83. The van der Waals surface area contributed by atoms with E-state index in [2.05, 4.69) is 36.4 Å². The van der Waals surface area contributed by atoms with Crippen LogP contribution in [0.15, 0.2) is 0 Å². The third kappa shape index (κ3) is 4.17. The van der Waals surface area contributed by atoms with E-state index in [9.17, 15) is 4.79 Å². The molecule has 1 aliphatic rings. The number of amides is 1. The number of carbonyl (C=O) groups is 1. The fourth-order valence-corrected chi connectivity index (χ4v) is 3.60. The van der Waals surface area contributed by atoms with Crippen molar-refractivity contribution >= 4 is 34.8 Å². The fraction of sp³-hybridized carbons (Fsp3) is 0.714. The van der Waals surface area contributed by atoms with E-state index < -0.39 is 0 Å². The minimum atomic E-state index is -0.0269. The van der Waals surface area contributed by atoms with Gasteiger partial charge in [0.15, 0.2) is 5.13 Å². The van der Waals surface area contributed by atoms with Gasteiger partial charge in [-0.15, -0.1) is 23.7 Å². The molecule has 0 saturated heterocycles. The molecule has 114 valence electrons. The van der Waals surface area contributed by atoms with Crippen molar-refractivity contribution in [3.63, 3.8) is 0 Å². The van der Waals surface area contributed by atoms with Gasteiger partial charge in [0.25, 0.3) is 0 Å². The largest absolute Gasteiger partial charge is 0.311 e. The first kappa shape index (κ1) is 17.4. The van der Waals surface area contributed by atoms with E-state index in [1.807, 2.05) is 0 Å². The third-order valence-electron chi connectivity index (χ3n) is 3.75. The van der Waals surface area contributed by atoms with Gasteiger partial charge in [-0.3, -0.25) is 4.79 Å². The Morgan fingerprint density at radius 2 is 2.15 bits per heavy atom. The molecule has 1 heterocycles. The van der Waals surface area contributed by atoms with E-state index in [1.165, 1.54) is 17.0 Å². The standard InChI is InChI=1S/C14H23N3OS.ClH/c1-14(2,3)9-5-6-10-11(7-9)19-13(16-10)17-12(18)8-15-4;/h9,15H,5-8H2,1-4H3,(H,16,17,18);1H. The molecule has 0 aliphatic heterocycles. The van der Waals surface area contributed by atoms with Crippen LogP contribution in [0.5, 0.6) is 0 Å². The SMILES string of the molecule is CNCC(=O)Nc1nc2c(s1)CC(C(C)(C)C)CC2.Cl. The number of carbonyl (C=O) groups excluding carboxylic acids is 1. The van der Waals surface area contributed by atoms with E-state index >= 15 is 0 Å². The van der Waals surface area contributed by atoms with Gasteiger partial charge in [-0.2, -0.15) is 0 Å². The summed E-state index contributed by atoms with van der Waals surface area (Å²) >= 11 is 1.64. The number of halogens is 1. The Balaban J connectivity index is 0.00000200. The average Bonchev–Trinajstić information content (AvgIpc) is 2.68. The summed E-state index contributed by atoms with van der Waals surface area (Å²) < 4.78 is 0. The number of anilines is 1.